The Kier molecular flexibility index (Phi) is 6.46. The fraction of sp³-hybridized carbons (Fsp3) is 0.300. The van der Waals surface area contributed by atoms with Crippen molar-refractivity contribution in [2.24, 2.45) is 0 Å². The number of nitrogens with one attached hydrogen (secondary N) is 1. The van der Waals surface area contributed by atoms with E-state index in [2.05, 4.69) is 19.1 Å². The molecule has 0 saturated carbocycles. The number of nitrogens with zero attached hydrogens (tertiary/aromatic N) is 2. The molecule has 0 aliphatic rings. The van der Waals surface area contributed by atoms with Gasteiger partial charge in [0.1, 0.15) is 11.3 Å². The fourth-order valence-corrected chi connectivity index (χ4v) is 4.20. The Morgan fingerprint density at radius 1 is 1.22 bits per heavy atom. The van der Waals surface area contributed by atoms with E-state index in [1.54, 1.807) is 22.7 Å². The maximum Gasteiger partial charge on any atom is 0.260 e. The van der Waals surface area contributed by atoms with Crippen LogP contribution in [-0.2, 0) is 0 Å². The summed E-state index contributed by atoms with van der Waals surface area (Å²) in [6.45, 7) is 1.49. The fourth-order valence-electron chi connectivity index (χ4n) is 2.78. The molecule has 142 valence electrons. The molecule has 0 aliphatic carbocycles. The standard InChI is InChI=1S/C20H22FN3OS2/c1-23(2)12-5-13-24(19(25)14-8-10-15(26-3)11-9-14)20-22-18-16(21)6-4-7-17(18)27-20/h4,6-11H,5,12-13H2,1-3H3/p+1. The van der Waals surface area contributed by atoms with Crippen molar-refractivity contribution in [1.82, 2.24) is 4.98 Å². The first-order chi connectivity index (χ1) is 13.0. The van der Waals surface area contributed by atoms with Crippen molar-refractivity contribution in [3.05, 3.63) is 53.8 Å². The van der Waals surface area contributed by atoms with Crippen molar-refractivity contribution in [3.63, 3.8) is 0 Å². The highest BCUT2D eigenvalue weighted by Gasteiger charge is 2.22. The van der Waals surface area contributed by atoms with Gasteiger partial charge < -0.3 is 4.90 Å². The number of fused-ring (bicyclic) bond motifs is 1. The lowest BCUT2D eigenvalue weighted by Crippen LogP contribution is -3.05. The van der Waals surface area contributed by atoms with Crippen molar-refractivity contribution in [2.75, 3.05) is 38.3 Å². The summed E-state index contributed by atoms with van der Waals surface area (Å²) in [4.78, 5) is 21.7. The van der Waals surface area contributed by atoms with E-state index < -0.39 is 0 Å². The lowest BCUT2D eigenvalue weighted by Gasteiger charge is -2.20. The molecule has 0 atom stereocenters. The number of hydrogen-bond donors (Lipinski definition) is 1. The number of thiazole rings is 1. The van der Waals surface area contributed by atoms with Gasteiger partial charge >= 0.3 is 0 Å². The van der Waals surface area contributed by atoms with Gasteiger partial charge in [0.2, 0.25) is 0 Å². The highest BCUT2D eigenvalue weighted by atomic mass is 32.2. The van der Waals surface area contributed by atoms with E-state index in [4.69, 9.17) is 0 Å². The summed E-state index contributed by atoms with van der Waals surface area (Å²) in [6, 6.07) is 12.5. The van der Waals surface area contributed by atoms with Crippen molar-refractivity contribution >= 4 is 44.4 Å². The zero-order valence-corrected chi connectivity index (χ0v) is 17.3. The summed E-state index contributed by atoms with van der Waals surface area (Å²) in [6.07, 6.45) is 2.84. The first-order valence-corrected chi connectivity index (χ1v) is 10.8. The summed E-state index contributed by atoms with van der Waals surface area (Å²) in [5.41, 5.74) is 0.941. The Morgan fingerprint density at radius 3 is 2.59 bits per heavy atom. The smallest absolute Gasteiger partial charge is 0.260 e. The zero-order chi connectivity index (χ0) is 19.4. The third kappa shape index (κ3) is 4.66. The number of amides is 1. The number of hydrogen-bond acceptors (Lipinski definition) is 4. The molecule has 0 radical (unpaired) electrons. The molecule has 0 unspecified atom stereocenters. The molecule has 3 rings (SSSR count). The van der Waals surface area contributed by atoms with Crippen LogP contribution in [0.5, 0.6) is 0 Å². The van der Waals surface area contributed by atoms with Gasteiger partial charge in [0.05, 0.1) is 25.3 Å². The number of anilines is 1. The summed E-state index contributed by atoms with van der Waals surface area (Å²) in [5, 5.41) is 0.544. The quantitative estimate of drug-likeness (QED) is 0.614. The van der Waals surface area contributed by atoms with Crippen LogP contribution in [0.4, 0.5) is 9.52 Å². The highest BCUT2D eigenvalue weighted by Crippen LogP contribution is 2.31. The molecule has 1 heterocycles. The van der Waals surface area contributed by atoms with Crippen LogP contribution in [-0.4, -0.2) is 44.3 Å². The van der Waals surface area contributed by atoms with Crippen molar-refractivity contribution in [1.29, 1.82) is 0 Å². The highest BCUT2D eigenvalue weighted by molar-refractivity contribution is 7.98. The second-order valence-corrected chi connectivity index (χ2v) is 8.47. The Balaban J connectivity index is 1.93. The Morgan fingerprint density at radius 2 is 1.96 bits per heavy atom. The number of quaternary nitrogens is 1. The van der Waals surface area contributed by atoms with Gasteiger partial charge in [-0.2, -0.15) is 0 Å². The van der Waals surface area contributed by atoms with E-state index in [1.807, 2.05) is 36.6 Å². The molecule has 2 aromatic carbocycles. The van der Waals surface area contributed by atoms with Crippen LogP contribution >= 0.6 is 23.1 Å². The summed E-state index contributed by atoms with van der Waals surface area (Å²) in [7, 11) is 4.17. The molecule has 0 spiro atoms. The first kappa shape index (κ1) is 19.8. The van der Waals surface area contributed by atoms with Gasteiger partial charge in [-0.25, -0.2) is 9.37 Å². The third-order valence-corrected chi connectivity index (χ3v) is 6.02. The van der Waals surface area contributed by atoms with E-state index in [-0.39, 0.29) is 11.7 Å². The number of para-hydroxylation sites is 1. The summed E-state index contributed by atoms with van der Waals surface area (Å²) < 4.78 is 14.8. The van der Waals surface area contributed by atoms with Crippen molar-refractivity contribution in [3.8, 4) is 0 Å². The molecule has 27 heavy (non-hydrogen) atoms. The first-order valence-electron chi connectivity index (χ1n) is 8.79. The van der Waals surface area contributed by atoms with Gasteiger partial charge in [-0.05, 0) is 42.7 Å². The molecular weight excluding hydrogens is 381 g/mol. The van der Waals surface area contributed by atoms with E-state index in [0.717, 1.165) is 22.6 Å². The van der Waals surface area contributed by atoms with Crippen LogP contribution < -0.4 is 9.80 Å². The third-order valence-electron chi connectivity index (χ3n) is 4.23. The molecular formula is C20H23FN3OS2+. The van der Waals surface area contributed by atoms with E-state index in [0.29, 0.717) is 22.8 Å². The maximum absolute atomic E-state index is 14.1. The molecule has 1 amide bonds. The number of carbonyl (C=O) groups excluding carboxylic acids is 1. The molecule has 3 aromatic rings. The number of halogens is 1. The van der Waals surface area contributed by atoms with Crippen LogP contribution in [0.1, 0.15) is 16.8 Å². The average molecular weight is 405 g/mol. The summed E-state index contributed by atoms with van der Waals surface area (Å²) >= 11 is 2.99. The largest absolute Gasteiger partial charge is 0.340 e. The number of carbonyl (C=O) groups is 1. The van der Waals surface area contributed by atoms with Crippen LogP contribution in [0, 0.1) is 5.82 Å². The maximum atomic E-state index is 14.1. The van der Waals surface area contributed by atoms with Crippen molar-refractivity contribution < 1.29 is 14.1 Å². The minimum atomic E-state index is -0.357. The summed E-state index contributed by atoms with van der Waals surface area (Å²) in [5.74, 6) is -0.458. The van der Waals surface area contributed by atoms with E-state index in [9.17, 15) is 9.18 Å². The molecule has 0 aliphatic heterocycles. The van der Waals surface area contributed by atoms with E-state index >= 15 is 0 Å². The minimum absolute atomic E-state index is 0.101. The van der Waals surface area contributed by atoms with Crippen LogP contribution in [0.15, 0.2) is 47.4 Å². The molecule has 7 heteroatoms. The van der Waals surface area contributed by atoms with Gasteiger partial charge in [0, 0.05) is 23.4 Å². The second-order valence-electron chi connectivity index (χ2n) is 6.58. The normalized spacial score (nSPS) is 11.3. The van der Waals surface area contributed by atoms with Gasteiger partial charge in [-0.1, -0.05) is 17.4 Å². The van der Waals surface area contributed by atoms with Crippen LogP contribution in [0.25, 0.3) is 10.2 Å². The minimum Gasteiger partial charge on any atom is -0.340 e. The predicted molar refractivity (Wildman–Crippen MR) is 112 cm³/mol. The molecule has 1 N–H and O–H groups in total. The number of aromatic nitrogens is 1. The molecule has 0 bridgehead atoms. The molecule has 0 saturated heterocycles. The average Bonchev–Trinajstić information content (AvgIpc) is 3.10. The zero-order valence-electron chi connectivity index (χ0n) is 15.7. The lowest BCUT2D eigenvalue weighted by atomic mass is 10.2. The Bertz CT molecular complexity index is 925. The van der Waals surface area contributed by atoms with Gasteiger partial charge in [0.15, 0.2) is 5.13 Å². The van der Waals surface area contributed by atoms with Crippen molar-refractivity contribution in [2.45, 2.75) is 11.3 Å². The Hall–Kier alpha value is -1.96. The second kappa shape index (κ2) is 8.82. The topological polar surface area (TPSA) is 37.6 Å². The SMILES string of the molecule is CSc1ccc(C(=O)N(CCC[NH+](C)C)c2nc3c(F)cccc3s2)cc1. The number of thioether (sulfide) groups is 1. The van der Waals surface area contributed by atoms with Crippen LogP contribution in [0.3, 0.4) is 0 Å². The number of benzene rings is 2. The van der Waals surface area contributed by atoms with Crippen LogP contribution in [0.2, 0.25) is 0 Å². The van der Waals surface area contributed by atoms with Gasteiger partial charge in [-0.15, -0.1) is 11.8 Å². The monoisotopic (exact) mass is 404 g/mol. The Labute approximate surface area is 167 Å². The molecule has 1 aromatic heterocycles. The van der Waals surface area contributed by atoms with Gasteiger partial charge in [-0.3, -0.25) is 9.69 Å². The van der Waals surface area contributed by atoms with Gasteiger partial charge in [0.25, 0.3) is 5.91 Å². The molecule has 0 fully saturated rings. The lowest BCUT2D eigenvalue weighted by molar-refractivity contribution is -0.858. The number of rotatable bonds is 7. The molecule has 4 nitrogen and oxygen atoms in total. The van der Waals surface area contributed by atoms with E-state index in [1.165, 1.54) is 22.3 Å². The predicted octanol–water partition coefficient (Wildman–Crippen LogP) is 3.34.